The number of aromatic nitrogens is 7. The van der Waals surface area contributed by atoms with Crippen LogP contribution in [0.2, 0.25) is 0 Å². The smallest absolute Gasteiger partial charge is 0.261 e. The van der Waals surface area contributed by atoms with Crippen LogP contribution in [0.4, 0.5) is 5.95 Å². The van der Waals surface area contributed by atoms with Gasteiger partial charge in [-0.1, -0.05) is 25.1 Å². The van der Waals surface area contributed by atoms with Crippen LogP contribution < -0.4 is 5.73 Å². The van der Waals surface area contributed by atoms with Crippen LogP contribution >= 0.6 is 0 Å². The molecule has 0 aliphatic heterocycles. The summed E-state index contributed by atoms with van der Waals surface area (Å²) in [4.78, 5) is 17.3. The zero-order valence-electron chi connectivity index (χ0n) is 19.5. The Morgan fingerprint density at radius 2 is 1.82 bits per heavy atom. The first-order chi connectivity index (χ1) is 16.5. The van der Waals surface area contributed by atoms with Crippen molar-refractivity contribution >= 4 is 5.95 Å². The minimum Gasteiger partial charge on any atom is -0.382 e. The van der Waals surface area contributed by atoms with E-state index in [0.717, 1.165) is 22.4 Å². The summed E-state index contributed by atoms with van der Waals surface area (Å²) >= 11 is 0. The van der Waals surface area contributed by atoms with E-state index in [0.29, 0.717) is 38.1 Å². The normalized spacial score (nSPS) is 12.4. The Balaban J connectivity index is 1.47. The van der Waals surface area contributed by atoms with E-state index >= 15 is 0 Å². The molecule has 4 aromatic rings. The first kappa shape index (κ1) is 23.5. The maximum atomic E-state index is 5.57. The predicted octanol–water partition coefficient (Wildman–Crippen LogP) is 2.82. The van der Waals surface area contributed by atoms with Gasteiger partial charge in [0.05, 0.1) is 49.7 Å². The van der Waals surface area contributed by atoms with Gasteiger partial charge in [0.15, 0.2) is 5.82 Å². The van der Waals surface area contributed by atoms with Crippen molar-refractivity contribution in [3.63, 3.8) is 0 Å². The Labute approximate surface area is 197 Å². The average molecular weight is 465 g/mol. The van der Waals surface area contributed by atoms with Gasteiger partial charge in [-0.05, 0) is 17.5 Å². The predicted molar refractivity (Wildman–Crippen MR) is 125 cm³/mol. The lowest BCUT2D eigenvalue weighted by atomic mass is 9.88. The summed E-state index contributed by atoms with van der Waals surface area (Å²) in [6, 6.07) is 3.94. The van der Waals surface area contributed by atoms with Crippen LogP contribution in [0.5, 0.6) is 0 Å². The fraction of sp³-hybridized carbons (Fsp3) is 0.391. The molecular formula is C23H28N8O3. The number of ether oxygens (including phenoxy) is 2. The van der Waals surface area contributed by atoms with E-state index < -0.39 is 0 Å². The molecule has 0 unspecified atom stereocenters. The van der Waals surface area contributed by atoms with Gasteiger partial charge in [0.1, 0.15) is 0 Å². The lowest BCUT2D eigenvalue weighted by molar-refractivity contribution is 0.0654. The number of rotatable bonds is 11. The van der Waals surface area contributed by atoms with E-state index in [-0.39, 0.29) is 17.8 Å². The molecule has 11 nitrogen and oxygen atoms in total. The monoisotopic (exact) mass is 464 g/mol. The summed E-state index contributed by atoms with van der Waals surface area (Å²) in [6.45, 7) is 6.52. The van der Waals surface area contributed by atoms with Gasteiger partial charge in [-0.2, -0.15) is 10.1 Å². The topological polar surface area (TPSA) is 140 Å². The zero-order valence-corrected chi connectivity index (χ0v) is 19.5. The van der Waals surface area contributed by atoms with Crippen molar-refractivity contribution in [2.75, 3.05) is 32.7 Å². The molecule has 0 bridgehead atoms. The molecule has 34 heavy (non-hydrogen) atoms. The van der Waals surface area contributed by atoms with Crippen LogP contribution in [0.1, 0.15) is 31.2 Å². The van der Waals surface area contributed by atoms with E-state index in [9.17, 15) is 0 Å². The summed E-state index contributed by atoms with van der Waals surface area (Å²) in [5, 5.41) is 8.61. The number of nitrogens with zero attached hydrogens (tertiary/aromatic N) is 7. The number of anilines is 1. The Hall–Kier alpha value is -3.70. The molecular weight excluding hydrogens is 436 g/mol. The Morgan fingerprint density at radius 3 is 2.53 bits per heavy atom. The second-order valence-electron chi connectivity index (χ2n) is 8.08. The third-order valence-electron chi connectivity index (χ3n) is 5.28. The number of methoxy groups -OCH3 is 1. The number of hydrogen-bond donors (Lipinski definition) is 1. The third kappa shape index (κ3) is 5.61. The molecule has 0 saturated heterocycles. The molecule has 0 amide bonds. The van der Waals surface area contributed by atoms with Gasteiger partial charge in [0.25, 0.3) is 5.89 Å². The highest BCUT2D eigenvalue weighted by Gasteiger charge is 2.25. The summed E-state index contributed by atoms with van der Waals surface area (Å²) in [7, 11) is 1.65. The van der Waals surface area contributed by atoms with E-state index in [2.05, 4.69) is 44.0 Å². The van der Waals surface area contributed by atoms with Crippen LogP contribution in [-0.2, 0) is 16.0 Å². The van der Waals surface area contributed by atoms with E-state index in [1.54, 1.807) is 30.4 Å². The molecule has 0 saturated carbocycles. The molecule has 4 aromatic heterocycles. The zero-order chi connectivity index (χ0) is 23.9. The summed E-state index contributed by atoms with van der Waals surface area (Å²) in [5.41, 5.74) is 8.88. The van der Waals surface area contributed by atoms with Gasteiger partial charge < -0.3 is 19.7 Å². The molecule has 4 heterocycles. The quantitative estimate of drug-likeness (QED) is 0.329. The van der Waals surface area contributed by atoms with Crippen molar-refractivity contribution in [2.45, 2.75) is 26.3 Å². The maximum absolute atomic E-state index is 5.57. The maximum Gasteiger partial charge on any atom is 0.261 e. The van der Waals surface area contributed by atoms with Gasteiger partial charge in [0.2, 0.25) is 5.95 Å². The number of nitrogens with two attached hydrogens (primary N) is 1. The molecule has 11 heteroatoms. The number of hydrogen-bond acceptors (Lipinski definition) is 10. The van der Waals surface area contributed by atoms with Crippen molar-refractivity contribution in [3.05, 3.63) is 54.5 Å². The molecule has 0 aliphatic rings. The lowest BCUT2D eigenvalue weighted by Crippen LogP contribution is -2.11. The Bertz CT molecular complexity index is 1170. The molecule has 0 radical (unpaired) electrons. The molecule has 4 rings (SSSR count). The molecule has 0 aromatic carbocycles. The van der Waals surface area contributed by atoms with E-state index in [1.165, 1.54) is 0 Å². The Morgan fingerprint density at radius 1 is 1.00 bits per heavy atom. The minimum absolute atomic E-state index is 0.0778. The highest BCUT2D eigenvalue weighted by Crippen LogP contribution is 2.32. The van der Waals surface area contributed by atoms with Gasteiger partial charge >= 0.3 is 0 Å². The van der Waals surface area contributed by atoms with Crippen LogP contribution in [0.25, 0.3) is 22.7 Å². The van der Waals surface area contributed by atoms with Crippen molar-refractivity contribution in [1.82, 2.24) is 34.9 Å². The van der Waals surface area contributed by atoms with Gasteiger partial charge in [-0.15, -0.1) is 0 Å². The molecule has 2 N–H and O–H groups in total. The summed E-state index contributed by atoms with van der Waals surface area (Å²) < 4.78 is 17.8. The second-order valence-corrected chi connectivity index (χ2v) is 8.08. The van der Waals surface area contributed by atoms with Crippen molar-refractivity contribution in [2.24, 2.45) is 5.92 Å². The second kappa shape index (κ2) is 10.9. The Kier molecular flexibility index (Phi) is 7.55. The molecule has 0 aliphatic carbocycles. The fourth-order valence-electron chi connectivity index (χ4n) is 3.54. The molecule has 178 valence electrons. The molecule has 0 fully saturated rings. The molecule has 0 spiro atoms. The number of nitrogen functional groups attached to an aromatic ring is 1. The van der Waals surface area contributed by atoms with Gasteiger partial charge in [-0.3, -0.25) is 9.67 Å². The van der Waals surface area contributed by atoms with Crippen molar-refractivity contribution in [3.8, 4) is 22.7 Å². The van der Waals surface area contributed by atoms with Crippen LogP contribution in [0.15, 0.2) is 47.6 Å². The third-order valence-corrected chi connectivity index (χ3v) is 5.28. The molecule has 1 atom stereocenters. The van der Waals surface area contributed by atoms with Crippen molar-refractivity contribution < 1.29 is 14.0 Å². The average Bonchev–Trinajstić information content (AvgIpc) is 3.50. The minimum atomic E-state index is -0.0778. The van der Waals surface area contributed by atoms with Crippen LogP contribution in [0.3, 0.4) is 0 Å². The summed E-state index contributed by atoms with van der Waals surface area (Å²) in [5.74, 6) is 1.41. The largest absolute Gasteiger partial charge is 0.382 e. The van der Waals surface area contributed by atoms with Crippen LogP contribution in [-0.4, -0.2) is 61.8 Å². The highest BCUT2D eigenvalue weighted by atomic mass is 16.5. The first-order valence-electron chi connectivity index (χ1n) is 11.0. The lowest BCUT2D eigenvalue weighted by Gasteiger charge is -2.17. The van der Waals surface area contributed by atoms with E-state index in [1.807, 2.05) is 24.5 Å². The SMILES string of the molecule is COCCOCCn1cc(-c2nc([C@@H](c3ccc(-c4cnc(N)nc4)nc3)C(C)C)no2)cn1. The van der Waals surface area contributed by atoms with Crippen molar-refractivity contribution in [1.29, 1.82) is 0 Å². The standard InChI is InChI=1S/C23H28N8O3/c1-15(2)20(16-4-5-19(25-10-16)17-11-26-23(24)27-12-17)21-29-22(34-30-21)18-13-28-31(14-18)6-7-33-9-8-32-3/h4-5,10-15,20H,6-9H2,1-3H3,(H2,24,26,27)/t20-/m1/s1. The van der Waals surface area contributed by atoms with Gasteiger partial charge in [0, 0.05) is 37.5 Å². The van der Waals surface area contributed by atoms with E-state index in [4.69, 9.17) is 19.7 Å². The summed E-state index contributed by atoms with van der Waals surface area (Å²) in [6.07, 6.45) is 8.71. The fourth-order valence-corrected chi connectivity index (χ4v) is 3.54. The van der Waals surface area contributed by atoms with Gasteiger partial charge in [-0.25, -0.2) is 9.97 Å². The highest BCUT2D eigenvalue weighted by molar-refractivity contribution is 5.57. The first-order valence-corrected chi connectivity index (χ1v) is 11.0. The number of pyridine rings is 1. The van der Waals surface area contributed by atoms with Crippen LogP contribution in [0, 0.1) is 5.92 Å².